The van der Waals surface area contributed by atoms with Crippen molar-refractivity contribution >= 4 is 66.5 Å². The summed E-state index contributed by atoms with van der Waals surface area (Å²) in [5.74, 6) is -3.72. The molecule has 4 aromatic carbocycles. The maximum Gasteiger partial charge on any atom is 0.354 e. The number of anilines is 2. The molecule has 500 valence electrons. The summed E-state index contributed by atoms with van der Waals surface area (Å²) in [6.07, 6.45) is 0. The Bertz CT molecular complexity index is 4370. The first-order valence-electron chi connectivity index (χ1n) is 26.8. The number of hydrogen-bond donors (Lipinski definition) is 4. The molecular formula is C57H51Cl2F4N13O17S2. The first-order valence-corrected chi connectivity index (χ1v) is 30.9. The number of benzene rings is 4. The minimum atomic E-state index is -4.69. The van der Waals surface area contributed by atoms with Crippen LogP contribution >= 0.6 is 22.7 Å². The Morgan fingerprint density at radius 3 is 1.12 bits per heavy atom. The molecular weight excluding hydrogens is 1350 g/mol. The number of nitrogens with zero attached hydrogens (tertiary/aromatic N) is 11. The third-order valence-electron chi connectivity index (χ3n) is 13.3. The minimum Gasteiger partial charge on any atom is -0.480 e. The van der Waals surface area contributed by atoms with Gasteiger partial charge in [0.25, 0.3) is 11.1 Å². The Morgan fingerprint density at radius 2 is 0.842 bits per heavy atom. The lowest BCUT2D eigenvalue weighted by Crippen LogP contribution is -2.58. The van der Waals surface area contributed by atoms with Crippen LogP contribution in [-0.4, -0.2) is 124 Å². The molecule has 0 radical (unpaired) electrons. The molecule has 0 atom stereocenters. The number of carbonyl (C=O) groups is 2. The van der Waals surface area contributed by atoms with Gasteiger partial charge in [-0.25, -0.2) is 45.9 Å². The van der Waals surface area contributed by atoms with E-state index in [1.807, 2.05) is 0 Å². The van der Waals surface area contributed by atoms with Crippen LogP contribution in [0, 0.1) is 43.8 Å². The van der Waals surface area contributed by atoms with Crippen LogP contribution in [0.2, 0.25) is 0 Å². The van der Waals surface area contributed by atoms with Gasteiger partial charge in [-0.05, 0) is 111 Å². The van der Waals surface area contributed by atoms with E-state index in [1.165, 1.54) is 74.9 Å². The molecule has 4 N–H and O–H groups in total. The highest BCUT2D eigenvalue weighted by atomic mass is 35.7. The quantitative estimate of drug-likeness (QED) is 0.0679. The van der Waals surface area contributed by atoms with Crippen LogP contribution in [0.25, 0.3) is 53.0 Å². The van der Waals surface area contributed by atoms with Gasteiger partial charge < -0.3 is 29.9 Å². The number of fused-ring (bicyclic) bond motifs is 2. The van der Waals surface area contributed by atoms with E-state index in [1.54, 1.807) is 62.3 Å². The summed E-state index contributed by atoms with van der Waals surface area (Å²) < 4.78 is 140. The van der Waals surface area contributed by atoms with Crippen LogP contribution in [0.5, 0.6) is 11.8 Å². The Labute approximate surface area is 543 Å². The van der Waals surface area contributed by atoms with Crippen LogP contribution in [0.4, 0.5) is 38.5 Å². The van der Waals surface area contributed by atoms with Crippen molar-refractivity contribution in [1.82, 2.24) is 53.5 Å². The standard InChI is InChI=1S/C57H49F4N13O9S2.2ClHO4/c1-68(2)26-36-46-50(75)72(42-22-24-44(81-5)66-64-42)56(79)70(28-34-38(58)10-8-11-39(34)59)52(46)84-48(36)30-14-18-32(19-15-30)62-54(77)74(83-7)55(78)63-33-20-16-31(17-21-33)49-37(27-69(3)4)47-51(76)73(43-23-25-45(82-6)67-65-43)57(80)71(53(47)85-49)29-35-40(60)12-9-13-41(35)61;2*2-1(3,4)5/h8-25H,26-29H2,1-7H3,(H,62,77)(H,63,78);2*(H,2,3,4,5). The second kappa shape index (κ2) is 29.9. The summed E-state index contributed by atoms with van der Waals surface area (Å²) in [7, 11) is 1.56. The molecule has 0 fully saturated rings. The highest BCUT2D eigenvalue weighted by Gasteiger charge is 2.29. The van der Waals surface area contributed by atoms with E-state index in [0.717, 1.165) is 72.3 Å². The molecule has 10 aromatic rings. The molecule has 0 saturated heterocycles. The van der Waals surface area contributed by atoms with E-state index < -0.39 is 103 Å². The number of hydrogen-bond acceptors (Lipinski definition) is 25. The van der Waals surface area contributed by atoms with Gasteiger partial charge in [-0.15, -0.1) is 48.1 Å². The third-order valence-corrected chi connectivity index (χ3v) is 15.9. The average molecular weight is 1400 g/mol. The lowest BCUT2D eigenvalue weighted by molar-refractivity contribution is -1.92. The van der Waals surface area contributed by atoms with Gasteiger partial charge in [0.05, 0.1) is 75.0 Å². The van der Waals surface area contributed by atoms with Crippen molar-refractivity contribution in [2.45, 2.75) is 26.2 Å². The van der Waals surface area contributed by atoms with E-state index in [0.29, 0.717) is 37.1 Å². The topological polar surface area (TPSA) is 414 Å². The van der Waals surface area contributed by atoms with E-state index in [9.17, 15) is 28.8 Å². The zero-order valence-electron chi connectivity index (χ0n) is 50.2. The Kier molecular flexibility index (Phi) is 22.4. The zero-order chi connectivity index (χ0) is 69.5. The van der Waals surface area contributed by atoms with Crippen molar-refractivity contribution in [2.75, 3.05) is 60.2 Å². The monoisotopic (exact) mass is 1400 g/mol. The molecule has 0 aliphatic carbocycles. The summed E-state index contributed by atoms with van der Waals surface area (Å²) in [5, 5.41) is 21.8. The van der Waals surface area contributed by atoms with Crippen molar-refractivity contribution in [1.29, 1.82) is 0 Å². The van der Waals surface area contributed by atoms with Crippen LogP contribution in [-0.2, 0) is 31.0 Å². The van der Waals surface area contributed by atoms with Crippen molar-refractivity contribution < 1.29 is 99.2 Å². The summed E-state index contributed by atoms with van der Waals surface area (Å²) in [5.41, 5.74) is -1.77. The molecule has 6 heterocycles. The molecule has 4 amide bonds. The molecule has 0 spiro atoms. The van der Waals surface area contributed by atoms with Crippen molar-refractivity contribution in [2.24, 2.45) is 0 Å². The SMILES string of the molecule is COc1ccc(-n2c(=O)c3c(CN(C)C)c(-c4ccc(NC(=O)N(OC)C(=O)Nc5ccc(-c6sc7c(c6CN(C)C)c(=O)n(-c6ccc(OC)nn6)c(=O)n7Cc6c(F)cccc6F)cc5)cc4)sc3n(Cc3c(F)cccc3F)c2=O)nn1.[O-][Cl+3]([O-])([O-])O.[O-][Cl+3]([O-])([O-])O. The Hall–Kier alpha value is -9.48. The van der Waals surface area contributed by atoms with Gasteiger partial charge in [-0.1, -0.05) is 36.4 Å². The van der Waals surface area contributed by atoms with Gasteiger partial charge in [0.1, 0.15) is 32.9 Å². The first kappa shape index (κ1) is 71.4. The smallest absolute Gasteiger partial charge is 0.354 e. The van der Waals surface area contributed by atoms with E-state index in [-0.39, 0.29) is 68.3 Å². The van der Waals surface area contributed by atoms with Crippen LogP contribution < -0.4 is 70.6 Å². The van der Waals surface area contributed by atoms with E-state index >= 15 is 17.6 Å². The number of amides is 4. The summed E-state index contributed by atoms with van der Waals surface area (Å²) in [4.78, 5) is 95.5. The fourth-order valence-corrected chi connectivity index (χ4v) is 12.0. The zero-order valence-corrected chi connectivity index (χ0v) is 53.4. The molecule has 0 unspecified atom stereocenters. The summed E-state index contributed by atoms with van der Waals surface area (Å²) >= 11 is 2.10. The number of ether oxygens (including phenoxy) is 2. The Morgan fingerprint density at radius 1 is 0.516 bits per heavy atom. The van der Waals surface area contributed by atoms with Crippen molar-refractivity contribution in [3.63, 3.8) is 0 Å². The first-order chi connectivity index (χ1) is 44.8. The second-order valence-corrected chi connectivity index (χ2v) is 23.8. The lowest BCUT2D eigenvalue weighted by atomic mass is 10.1. The number of imide groups is 1. The molecule has 95 heavy (non-hydrogen) atoms. The number of hydroxylamine groups is 2. The molecule has 10 rings (SSSR count). The molecule has 0 aliphatic heterocycles. The van der Waals surface area contributed by atoms with E-state index in [2.05, 4.69) is 31.0 Å². The number of urea groups is 2. The van der Waals surface area contributed by atoms with Crippen LogP contribution in [0.3, 0.4) is 0 Å². The lowest BCUT2D eigenvalue weighted by Gasteiger charge is -2.19. The highest BCUT2D eigenvalue weighted by molar-refractivity contribution is 7.22. The maximum atomic E-state index is 15.2. The fraction of sp³-hybridized carbons (Fsp3) is 0.193. The fourth-order valence-electron chi connectivity index (χ4n) is 9.40. The predicted molar refractivity (Wildman–Crippen MR) is 316 cm³/mol. The van der Waals surface area contributed by atoms with Crippen molar-refractivity contribution in [3.05, 3.63) is 196 Å². The molecule has 0 saturated carbocycles. The van der Waals surface area contributed by atoms with Gasteiger partial charge in [-0.2, -0.15) is 28.0 Å². The maximum absolute atomic E-state index is 15.2. The summed E-state index contributed by atoms with van der Waals surface area (Å²) in [6.45, 7) is -0.839. The molecule has 0 bridgehead atoms. The van der Waals surface area contributed by atoms with Gasteiger partial charge in [0.15, 0.2) is 11.6 Å². The second-order valence-electron chi connectivity index (χ2n) is 20.2. The number of nitrogens with one attached hydrogen (secondary N) is 2. The molecule has 6 aromatic heterocycles. The number of halogens is 6. The molecule has 30 nitrogen and oxygen atoms in total. The molecule has 0 aliphatic rings. The van der Waals surface area contributed by atoms with Crippen LogP contribution in [0.1, 0.15) is 22.3 Å². The number of aromatic nitrogens is 8. The third kappa shape index (κ3) is 16.9. The normalized spacial score (nSPS) is 11.5. The largest absolute Gasteiger partial charge is 0.480 e. The molecule has 38 heteroatoms. The number of methoxy groups -OCH3 is 2. The van der Waals surface area contributed by atoms with Crippen molar-refractivity contribution in [3.8, 4) is 44.3 Å². The predicted octanol–water partition coefficient (Wildman–Crippen LogP) is -0.172. The van der Waals surface area contributed by atoms with Gasteiger partial charge >= 0.3 is 23.4 Å². The minimum absolute atomic E-state index is 0.0854. The van der Waals surface area contributed by atoms with Crippen LogP contribution in [0.15, 0.2) is 128 Å². The number of thiophene rings is 2. The average Bonchev–Trinajstić information content (AvgIpc) is 1.63. The number of rotatable bonds is 17. The number of carbonyl (C=O) groups excluding carboxylic acids is 2. The van der Waals surface area contributed by atoms with Gasteiger partial charge in [0, 0.05) is 57.5 Å². The Balaban J connectivity index is 0.00000108. The summed E-state index contributed by atoms with van der Waals surface area (Å²) in [6, 6.07) is 22.9. The van der Waals surface area contributed by atoms with Gasteiger partial charge in [-0.3, -0.25) is 23.6 Å². The van der Waals surface area contributed by atoms with E-state index in [4.69, 9.17) is 51.6 Å². The van der Waals surface area contributed by atoms with Gasteiger partial charge in [0.2, 0.25) is 11.8 Å². The highest BCUT2D eigenvalue weighted by Crippen LogP contribution is 2.40.